The summed E-state index contributed by atoms with van der Waals surface area (Å²) in [6, 6.07) is 0. The summed E-state index contributed by atoms with van der Waals surface area (Å²) in [5.74, 6) is 0. The molecule has 0 aromatic carbocycles. The van der Waals surface area contributed by atoms with Crippen LogP contribution in [0.3, 0.4) is 0 Å². The van der Waals surface area contributed by atoms with E-state index in [1.54, 1.807) is 0 Å². The van der Waals surface area contributed by atoms with Crippen molar-refractivity contribution in [2.75, 3.05) is 4.43 Å². The molecule has 0 spiro atoms. The van der Waals surface area contributed by atoms with Crippen LogP contribution in [0.4, 0.5) is 0 Å². The third kappa shape index (κ3) is 23.7. The molecule has 0 bridgehead atoms. The van der Waals surface area contributed by atoms with Gasteiger partial charge in [0.05, 0.1) is 0 Å². The summed E-state index contributed by atoms with van der Waals surface area (Å²) in [6.07, 6.45) is 8.16. The largest absolute Gasteiger partial charge is 0.0919 e. The van der Waals surface area contributed by atoms with Crippen LogP contribution in [0, 0.1) is 0 Å². The molecular weight excluding hydrogens is 235 g/mol. The second-order valence-corrected chi connectivity index (χ2v) is 3.14. The van der Waals surface area contributed by atoms with Gasteiger partial charge in [-0.15, -0.1) is 0 Å². The molecule has 0 aromatic heterocycles. The molecule has 0 N–H and O–H groups in total. The lowest BCUT2D eigenvalue weighted by atomic mass is 10.3. The molecule has 0 rings (SSSR count). The standard InChI is InChI=1S/C5H11I.C4H8/c1-2-3-4-5-6;1-3-4-2/h2-5H2,1H3;3-4H,1-2H3. The summed E-state index contributed by atoms with van der Waals surface area (Å²) in [6.45, 7) is 6.23. The Kier molecular flexibility index (Phi) is 21.2. The van der Waals surface area contributed by atoms with Crippen molar-refractivity contribution in [3.8, 4) is 0 Å². The van der Waals surface area contributed by atoms with Crippen molar-refractivity contribution in [1.82, 2.24) is 0 Å². The lowest BCUT2D eigenvalue weighted by Crippen LogP contribution is -1.70. The van der Waals surface area contributed by atoms with Gasteiger partial charge in [0.25, 0.3) is 0 Å². The van der Waals surface area contributed by atoms with E-state index >= 15 is 0 Å². The highest BCUT2D eigenvalue weighted by molar-refractivity contribution is 14.1. The zero-order chi connectivity index (χ0) is 8.24. The molecule has 0 aliphatic rings. The van der Waals surface area contributed by atoms with Crippen molar-refractivity contribution in [3.05, 3.63) is 12.2 Å². The van der Waals surface area contributed by atoms with Crippen molar-refractivity contribution in [2.24, 2.45) is 0 Å². The van der Waals surface area contributed by atoms with Crippen molar-refractivity contribution in [1.29, 1.82) is 0 Å². The molecule has 0 saturated carbocycles. The van der Waals surface area contributed by atoms with Crippen molar-refractivity contribution in [2.45, 2.75) is 40.0 Å². The predicted octanol–water partition coefficient (Wildman–Crippen LogP) is 4.19. The minimum absolute atomic E-state index is 1.32. The number of alkyl halides is 1. The lowest BCUT2D eigenvalue weighted by Gasteiger charge is -1.85. The van der Waals surface area contributed by atoms with Gasteiger partial charge < -0.3 is 0 Å². The molecule has 0 saturated heterocycles. The maximum Gasteiger partial charge on any atom is -0.000473 e. The summed E-state index contributed by atoms with van der Waals surface area (Å²) in [4.78, 5) is 0. The van der Waals surface area contributed by atoms with Crippen LogP contribution in [0.5, 0.6) is 0 Å². The van der Waals surface area contributed by atoms with E-state index < -0.39 is 0 Å². The first-order chi connectivity index (χ1) is 4.83. The highest BCUT2D eigenvalue weighted by Crippen LogP contribution is 1.96. The van der Waals surface area contributed by atoms with Crippen LogP contribution in [0.2, 0.25) is 0 Å². The van der Waals surface area contributed by atoms with Crippen molar-refractivity contribution in [3.63, 3.8) is 0 Å². The monoisotopic (exact) mass is 254 g/mol. The zero-order valence-corrected chi connectivity index (χ0v) is 9.52. The SMILES string of the molecule is CC=CC.CCCCCI. The maximum atomic E-state index is 2.41. The van der Waals surface area contributed by atoms with Crippen LogP contribution in [-0.4, -0.2) is 4.43 Å². The number of hydrogen-bond acceptors (Lipinski definition) is 0. The van der Waals surface area contributed by atoms with Crippen LogP contribution < -0.4 is 0 Å². The number of hydrogen-bond donors (Lipinski definition) is 0. The fourth-order valence-corrected chi connectivity index (χ4v) is 0.884. The molecule has 62 valence electrons. The van der Waals surface area contributed by atoms with Crippen LogP contribution in [0.15, 0.2) is 12.2 Å². The molecule has 0 aromatic rings. The third-order valence-electron chi connectivity index (χ3n) is 1.07. The fourth-order valence-electron chi connectivity index (χ4n) is 0.344. The van der Waals surface area contributed by atoms with E-state index in [2.05, 4.69) is 29.5 Å². The summed E-state index contributed by atoms with van der Waals surface area (Å²) < 4.78 is 1.32. The smallest absolute Gasteiger partial charge is 0.000473 e. The Balaban J connectivity index is 0. The molecule has 0 amide bonds. The maximum absolute atomic E-state index is 2.41. The second kappa shape index (κ2) is 16.2. The molecule has 0 aliphatic carbocycles. The van der Waals surface area contributed by atoms with E-state index in [1.165, 1.54) is 23.7 Å². The Hall–Kier alpha value is 0.470. The van der Waals surface area contributed by atoms with Gasteiger partial charge in [-0.2, -0.15) is 0 Å². The first-order valence-electron chi connectivity index (χ1n) is 3.96. The Morgan fingerprint density at radius 1 is 1.10 bits per heavy atom. The van der Waals surface area contributed by atoms with Crippen LogP contribution >= 0.6 is 22.6 Å². The highest BCUT2D eigenvalue weighted by Gasteiger charge is 1.76. The van der Waals surface area contributed by atoms with Crippen molar-refractivity contribution < 1.29 is 0 Å². The van der Waals surface area contributed by atoms with Gasteiger partial charge in [-0.3, -0.25) is 0 Å². The van der Waals surface area contributed by atoms with E-state index in [9.17, 15) is 0 Å². The van der Waals surface area contributed by atoms with Gasteiger partial charge in [-0.1, -0.05) is 54.5 Å². The molecule has 0 heterocycles. The summed E-state index contributed by atoms with van der Waals surface area (Å²) >= 11 is 2.41. The van der Waals surface area contributed by atoms with Crippen LogP contribution in [-0.2, 0) is 0 Å². The number of rotatable bonds is 3. The molecule has 10 heavy (non-hydrogen) atoms. The topological polar surface area (TPSA) is 0 Å². The number of allylic oxidation sites excluding steroid dienone is 2. The van der Waals surface area contributed by atoms with Gasteiger partial charge in [0.15, 0.2) is 0 Å². The second-order valence-electron chi connectivity index (χ2n) is 2.06. The highest BCUT2D eigenvalue weighted by atomic mass is 127. The Morgan fingerprint density at radius 2 is 1.60 bits per heavy atom. The molecule has 0 nitrogen and oxygen atoms in total. The fraction of sp³-hybridized carbons (Fsp3) is 0.778. The first kappa shape index (κ1) is 13.1. The normalized spacial score (nSPS) is 9.20. The number of halogens is 1. The molecule has 0 radical (unpaired) electrons. The summed E-state index contributed by atoms with van der Waals surface area (Å²) in [7, 11) is 0. The molecule has 0 fully saturated rings. The van der Waals surface area contributed by atoms with Crippen LogP contribution in [0.25, 0.3) is 0 Å². The average molecular weight is 254 g/mol. The molecule has 0 atom stereocenters. The van der Waals surface area contributed by atoms with E-state index in [1.807, 2.05) is 26.0 Å². The van der Waals surface area contributed by atoms with E-state index in [-0.39, 0.29) is 0 Å². The molecule has 1 heteroatoms. The van der Waals surface area contributed by atoms with Gasteiger partial charge in [-0.05, 0) is 24.7 Å². The minimum Gasteiger partial charge on any atom is -0.0919 e. The predicted molar refractivity (Wildman–Crippen MR) is 58.9 cm³/mol. The summed E-state index contributed by atoms with van der Waals surface area (Å²) in [5.41, 5.74) is 0. The minimum atomic E-state index is 1.32. The molecule has 0 unspecified atom stereocenters. The first-order valence-corrected chi connectivity index (χ1v) is 5.49. The third-order valence-corrected chi connectivity index (χ3v) is 1.83. The van der Waals surface area contributed by atoms with E-state index in [4.69, 9.17) is 0 Å². The molecule has 0 aliphatic heterocycles. The van der Waals surface area contributed by atoms with Crippen molar-refractivity contribution >= 4 is 22.6 Å². The van der Waals surface area contributed by atoms with Gasteiger partial charge >= 0.3 is 0 Å². The van der Waals surface area contributed by atoms with E-state index in [0.717, 1.165) is 0 Å². The summed E-state index contributed by atoms with van der Waals surface area (Å²) in [5, 5.41) is 0. The van der Waals surface area contributed by atoms with Gasteiger partial charge in [0, 0.05) is 0 Å². The average Bonchev–Trinajstić information content (AvgIpc) is 2.01. The van der Waals surface area contributed by atoms with Crippen LogP contribution in [0.1, 0.15) is 40.0 Å². The Bertz CT molecular complexity index is 49.7. The van der Waals surface area contributed by atoms with Gasteiger partial charge in [0.2, 0.25) is 0 Å². The van der Waals surface area contributed by atoms with Gasteiger partial charge in [-0.25, -0.2) is 0 Å². The Labute approximate surface area is 79.2 Å². The Morgan fingerprint density at radius 3 is 1.70 bits per heavy atom. The molecular formula is C9H19I. The van der Waals surface area contributed by atoms with E-state index in [0.29, 0.717) is 0 Å². The number of unbranched alkanes of at least 4 members (excludes halogenated alkanes) is 2. The lowest BCUT2D eigenvalue weighted by molar-refractivity contribution is 0.785. The quantitative estimate of drug-likeness (QED) is 0.306. The van der Waals surface area contributed by atoms with Gasteiger partial charge in [0.1, 0.15) is 0 Å². The zero-order valence-electron chi connectivity index (χ0n) is 7.36.